The van der Waals surface area contributed by atoms with E-state index in [9.17, 15) is 9.18 Å². The van der Waals surface area contributed by atoms with E-state index in [1.807, 2.05) is 4.90 Å². The highest BCUT2D eigenvalue weighted by Crippen LogP contribution is 2.46. The van der Waals surface area contributed by atoms with Crippen LogP contribution in [0.4, 0.5) is 10.1 Å². The number of thiocarbonyl (C=S) groups is 1. The summed E-state index contributed by atoms with van der Waals surface area (Å²) in [6, 6.07) is 13.1. The second-order valence-corrected chi connectivity index (χ2v) is 7.51. The predicted octanol–water partition coefficient (Wildman–Crippen LogP) is 4.23. The number of carbonyl (C=O) groups is 1. The molecule has 0 saturated carbocycles. The number of halogens is 2. The van der Waals surface area contributed by atoms with E-state index in [1.165, 1.54) is 12.1 Å². The number of carbonyl (C=O) groups excluding carboxylic acids is 1. The summed E-state index contributed by atoms with van der Waals surface area (Å²) in [6.45, 7) is 0. The Balaban J connectivity index is 1.67. The molecule has 7 heteroatoms. The van der Waals surface area contributed by atoms with Crippen LogP contribution in [0, 0.1) is 5.82 Å². The number of fused-ring (bicyclic) bond motifs is 1. The quantitative estimate of drug-likeness (QED) is 0.730. The first kappa shape index (κ1) is 15.9. The Kier molecular flexibility index (Phi) is 3.98. The van der Waals surface area contributed by atoms with Gasteiger partial charge in [-0.3, -0.25) is 9.69 Å². The lowest BCUT2D eigenvalue weighted by Crippen LogP contribution is -2.33. The molecular weight excluding hydrogens is 367 g/mol. The molecule has 2 aliphatic heterocycles. The molecule has 122 valence electrons. The number of hydrogen-bond donors (Lipinski definition) is 0. The second kappa shape index (κ2) is 6.02. The fourth-order valence-corrected chi connectivity index (χ4v) is 5.05. The molecule has 24 heavy (non-hydrogen) atoms. The second-order valence-electron chi connectivity index (χ2n) is 5.59. The van der Waals surface area contributed by atoms with E-state index >= 15 is 0 Å². The Morgan fingerprint density at radius 2 is 1.79 bits per heavy atom. The van der Waals surface area contributed by atoms with Gasteiger partial charge in [0.2, 0.25) is 0 Å². The molecule has 4 rings (SSSR count). The molecule has 2 aromatic rings. The van der Waals surface area contributed by atoms with Crippen molar-refractivity contribution in [3.8, 4) is 0 Å². The zero-order valence-corrected chi connectivity index (χ0v) is 14.7. The summed E-state index contributed by atoms with van der Waals surface area (Å²) < 4.78 is 13.2. The number of rotatable bonds is 2. The summed E-state index contributed by atoms with van der Waals surface area (Å²) in [4.78, 5) is 16.3. The minimum atomic E-state index is -0.284. The molecule has 0 N–H and O–H groups in total. The molecule has 1 amide bonds. The lowest BCUT2D eigenvalue weighted by atomic mass is 10.2. The number of hydrogen-bond acceptors (Lipinski definition) is 3. The molecule has 2 aromatic carbocycles. The fraction of sp³-hybridized carbons (Fsp3) is 0.176. The van der Waals surface area contributed by atoms with Gasteiger partial charge in [-0.05, 0) is 54.2 Å². The van der Waals surface area contributed by atoms with Crippen molar-refractivity contribution in [1.82, 2.24) is 4.90 Å². The Morgan fingerprint density at radius 3 is 2.46 bits per heavy atom. The molecule has 3 nitrogen and oxygen atoms in total. The summed E-state index contributed by atoms with van der Waals surface area (Å²) in [7, 11) is 0. The van der Waals surface area contributed by atoms with Gasteiger partial charge in [-0.1, -0.05) is 23.7 Å². The number of nitrogens with zero attached hydrogens (tertiary/aromatic N) is 2. The number of anilines is 1. The molecule has 0 radical (unpaired) electrons. The smallest absolute Gasteiger partial charge is 0.257 e. The van der Waals surface area contributed by atoms with E-state index in [0.717, 1.165) is 5.56 Å². The summed E-state index contributed by atoms with van der Waals surface area (Å²) in [5.41, 5.74) is 1.66. The van der Waals surface area contributed by atoms with Crippen LogP contribution in [-0.2, 0) is 4.79 Å². The minimum absolute atomic E-state index is 0.0283. The van der Waals surface area contributed by atoms with E-state index in [4.69, 9.17) is 23.8 Å². The Bertz CT molecular complexity index is 812. The van der Waals surface area contributed by atoms with Gasteiger partial charge in [-0.25, -0.2) is 4.39 Å². The van der Waals surface area contributed by atoms with E-state index in [0.29, 0.717) is 21.6 Å². The van der Waals surface area contributed by atoms with Crippen molar-refractivity contribution in [3.05, 3.63) is 64.9 Å². The third-order valence-electron chi connectivity index (χ3n) is 4.16. The molecule has 2 atom stereocenters. The molecule has 0 spiro atoms. The van der Waals surface area contributed by atoms with Gasteiger partial charge in [-0.2, -0.15) is 0 Å². The minimum Gasteiger partial charge on any atom is -0.319 e. The van der Waals surface area contributed by atoms with Crippen LogP contribution in [0.1, 0.15) is 10.9 Å². The molecule has 0 aliphatic carbocycles. The van der Waals surface area contributed by atoms with Crippen LogP contribution in [0.5, 0.6) is 0 Å². The molecule has 2 aliphatic rings. The lowest BCUT2D eigenvalue weighted by molar-refractivity contribution is -0.119. The summed E-state index contributed by atoms with van der Waals surface area (Å²) >= 11 is 13.2. The number of benzene rings is 2. The van der Waals surface area contributed by atoms with Crippen LogP contribution < -0.4 is 4.90 Å². The van der Waals surface area contributed by atoms with Crippen molar-refractivity contribution in [2.24, 2.45) is 0 Å². The number of amides is 1. The highest BCUT2D eigenvalue weighted by molar-refractivity contribution is 7.99. The van der Waals surface area contributed by atoms with Crippen LogP contribution in [0.3, 0.4) is 0 Å². The molecule has 2 fully saturated rings. The Hall–Kier alpha value is -1.63. The first-order chi connectivity index (χ1) is 11.6. The standard InChI is InChI=1S/C17H12ClFN2OS2/c18-11-3-7-13(8-4-11)20-15(22)14-9-24-16(21(14)17(20)23)10-1-5-12(19)6-2-10/h1-8,14,16H,9H2. The summed E-state index contributed by atoms with van der Waals surface area (Å²) in [5, 5.41) is 1.01. The maximum absolute atomic E-state index is 13.2. The third kappa shape index (κ3) is 2.49. The predicted molar refractivity (Wildman–Crippen MR) is 98.8 cm³/mol. The molecule has 0 aromatic heterocycles. The van der Waals surface area contributed by atoms with E-state index < -0.39 is 0 Å². The van der Waals surface area contributed by atoms with Gasteiger partial charge in [0.1, 0.15) is 17.2 Å². The Labute approximate surface area is 153 Å². The van der Waals surface area contributed by atoms with Crippen LogP contribution >= 0.6 is 35.6 Å². The van der Waals surface area contributed by atoms with E-state index in [1.54, 1.807) is 53.1 Å². The highest BCUT2D eigenvalue weighted by Gasteiger charge is 2.50. The largest absolute Gasteiger partial charge is 0.319 e. The summed E-state index contributed by atoms with van der Waals surface area (Å²) in [6.07, 6.45) is 0. The highest BCUT2D eigenvalue weighted by atomic mass is 35.5. The first-order valence-electron chi connectivity index (χ1n) is 7.35. The van der Waals surface area contributed by atoms with Crippen molar-refractivity contribution in [2.45, 2.75) is 11.4 Å². The van der Waals surface area contributed by atoms with Crippen molar-refractivity contribution >= 4 is 52.3 Å². The van der Waals surface area contributed by atoms with Crippen LogP contribution in [-0.4, -0.2) is 27.7 Å². The van der Waals surface area contributed by atoms with Crippen molar-refractivity contribution in [1.29, 1.82) is 0 Å². The van der Waals surface area contributed by atoms with E-state index in [2.05, 4.69) is 0 Å². The molecule has 2 saturated heterocycles. The maximum Gasteiger partial charge on any atom is 0.257 e. The zero-order valence-electron chi connectivity index (χ0n) is 12.4. The zero-order chi connectivity index (χ0) is 16.8. The lowest BCUT2D eigenvalue weighted by Gasteiger charge is -2.25. The number of thioether (sulfide) groups is 1. The average molecular weight is 379 g/mol. The fourth-order valence-electron chi connectivity index (χ4n) is 3.00. The van der Waals surface area contributed by atoms with E-state index in [-0.39, 0.29) is 23.1 Å². The van der Waals surface area contributed by atoms with Gasteiger partial charge in [0.25, 0.3) is 5.91 Å². The van der Waals surface area contributed by atoms with Gasteiger partial charge < -0.3 is 4.90 Å². The normalized spacial score (nSPS) is 23.1. The Morgan fingerprint density at radius 1 is 1.12 bits per heavy atom. The van der Waals surface area contributed by atoms with Gasteiger partial charge in [0.15, 0.2) is 5.11 Å². The topological polar surface area (TPSA) is 23.6 Å². The average Bonchev–Trinajstić information content (AvgIpc) is 3.11. The van der Waals surface area contributed by atoms with Gasteiger partial charge >= 0.3 is 0 Å². The molecule has 0 bridgehead atoms. The van der Waals surface area contributed by atoms with Crippen LogP contribution in [0.2, 0.25) is 5.02 Å². The van der Waals surface area contributed by atoms with Crippen LogP contribution in [0.15, 0.2) is 48.5 Å². The maximum atomic E-state index is 13.2. The monoisotopic (exact) mass is 378 g/mol. The van der Waals surface area contributed by atoms with Gasteiger partial charge in [0, 0.05) is 10.8 Å². The van der Waals surface area contributed by atoms with Gasteiger partial charge in [-0.15, -0.1) is 11.8 Å². The first-order valence-corrected chi connectivity index (χ1v) is 9.18. The SMILES string of the molecule is O=C1C2CSC(c3ccc(F)cc3)N2C(=S)N1c1ccc(Cl)cc1. The van der Waals surface area contributed by atoms with Crippen molar-refractivity contribution in [2.75, 3.05) is 10.7 Å². The van der Waals surface area contributed by atoms with Crippen LogP contribution in [0.25, 0.3) is 0 Å². The van der Waals surface area contributed by atoms with Gasteiger partial charge in [0.05, 0.1) is 5.69 Å². The molecular formula is C17H12ClFN2OS2. The molecule has 2 unspecified atom stereocenters. The summed E-state index contributed by atoms with van der Waals surface area (Å²) in [5.74, 6) is 0.353. The van der Waals surface area contributed by atoms with Crippen molar-refractivity contribution in [3.63, 3.8) is 0 Å². The molecule has 2 heterocycles. The van der Waals surface area contributed by atoms with Crippen molar-refractivity contribution < 1.29 is 9.18 Å². The third-order valence-corrected chi connectivity index (χ3v) is 6.13.